The number of ether oxygens (including phenoxy) is 1. The van der Waals surface area contributed by atoms with Crippen molar-refractivity contribution < 1.29 is 18.4 Å². The lowest BCUT2D eigenvalue weighted by Gasteiger charge is -2.30. The molecule has 2 aliphatic heterocycles. The van der Waals surface area contributed by atoms with Gasteiger partial charge >= 0.3 is 0 Å². The van der Waals surface area contributed by atoms with Gasteiger partial charge in [-0.05, 0) is 19.9 Å². The molecular formula is C14H17F2NO2. The van der Waals surface area contributed by atoms with Gasteiger partial charge in [0.25, 0.3) is 0 Å². The predicted molar refractivity (Wildman–Crippen MR) is 65.6 cm³/mol. The van der Waals surface area contributed by atoms with Gasteiger partial charge in [-0.3, -0.25) is 0 Å². The van der Waals surface area contributed by atoms with Gasteiger partial charge in [0.15, 0.2) is 0 Å². The SMILES string of the molecule is CC(C)(F)[C@H]1OC[C@]2(c3ccccc3F)NOC[C@H]12. The summed E-state index contributed by atoms with van der Waals surface area (Å²) in [4.78, 5) is 5.29. The van der Waals surface area contributed by atoms with Crippen LogP contribution in [-0.2, 0) is 15.1 Å². The first-order chi connectivity index (χ1) is 8.95. The van der Waals surface area contributed by atoms with E-state index in [0.717, 1.165) is 0 Å². The van der Waals surface area contributed by atoms with Gasteiger partial charge in [0.2, 0.25) is 0 Å². The maximum atomic E-state index is 14.2. The molecule has 104 valence electrons. The number of halogens is 2. The third-order valence-electron chi connectivity index (χ3n) is 4.04. The third-order valence-corrected chi connectivity index (χ3v) is 4.04. The summed E-state index contributed by atoms with van der Waals surface area (Å²) >= 11 is 0. The van der Waals surface area contributed by atoms with Crippen molar-refractivity contribution in [3.63, 3.8) is 0 Å². The molecule has 3 nitrogen and oxygen atoms in total. The minimum atomic E-state index is -1.49. The van der Waals surface area contributed by atoms with Crippen LogP contribution in [0.3, 0.4) is 0 Å². The van der Waals surface area contributed by atoms with Crippen LogP contribution in [0.25, 0.3) is 0 Å². The summed E-state index contributed by atoms with van der Waals surface area (Å²) in [6.07, 6.45) is -0.609. The van der Waals surface area contributed by atoms with Crippen molar-refractivity contribution in [3.8, 4) is 0 Å². The molecule has 0 radical (unpaired) electrons. The average Bonchev–Trinajstić information content (AvgIpc) is 2.86. The first-order valence-electron chi connectivity index (χ1n) is 6.39. The van der Waals surface area contributed by atoms with Gasteiger partial charge in [0.05, 0.1) is 19.3 Å². The Morgan fingerprint density at radius 1 is 1.37 bits per heavy atom. The van der Waals surface area contributed by atoms with Crippen molar-refractivity contribution in [2.24, 2.45) is 5.92 Å². The number of alkyl halides is 1. The molecule has 19 heavy (non-hydrogen) atoms. The first-order valence-corrected chi connectivity index (χ1v) is 6.39. The van der Waals surface area contributed by atoms with Crippen molar-refractivity contribution in [1.29, 1.82) is 0 Å². The smallest absolute Gasteiger partial charge is 0.131 e. The zero-order valence-corrected chi connectivity index (χ0v) is 11.0. The molecule has 1 aromatic carbocycles. The normalized spacial score (nSPS) is 34.5. The summed E-state index contributed by atoms with van der Waals surface area (Å²) in [7, 11) is 0. The Hall–Kier alpha value is -1.04. The fourth-order valence-electron chi connectivity index (χ4n) is 3.13. The largest absolute Gasteiger partial charge is 0.372 e. The number of fused-ring (bicyclic) bond motifs is 1. The lowest BCUT2D eigenvalue weighted by molar-refractivity contribution is -0.0504. The van der Waals surface area contributed by atoms with Gasteiger partial charge in [-0.15, -0.1) is 0 Å². The quantitative estimate of drug-likeness (QED) is 0.893. The van der Waals surface area contributed by atoms with E-state index in [-0.39, 0.29) is 18.3 Å². The zero-order valence-electron chi connectivity index (χ0n) is 11.0. The Balaban J connectivity index is 2.03. The van der Waals surface area contributed by atoms with E-state index in [1.165, 1.54) is 19.9 Å². The lowest BCUT2D eigenvalue weighted by Crippen LogP contribution is -2.46. The highest BCUT2D eigenvalue weighted by molar-refractivity contribution is 5.30. The van der Waals surface area contributed by atoms with Gasteiger partial charge in [0, 0.05) is 11.5 Å². The van der Waals surface area contributed by atoms with Crippen LogP contribution >= 0.6 is 0 Å². The number of benzene rings is 1. The van der Waals surface area contributed by atoms with Crippen LogP contribution in [0.4, 0.5) is 8.78 Å². The van der Waals surface area contributed by atoms with Crippen molar-refractivity contribution in [3.05, 3.63) is 35.6 Å². The van der Waals surface area contributed by atoms with E-state index < -0.39 is 17.3 Å². The van der Waals surface area contributed by atoms with Gasteiger partial charge in [0.1, 0.15) is 17.0 Å². The number of hydroxylamine groups is 1. The minimum Gasteiger partial charge on any atom is -0.372 e. The average molecular weight is 269 g/mol. The van der Waals surface area contributed by atoms with E-state index in [4.69, 9.17) is 9.57 Å². The summed E-state index contributed by atoms with van der Waals surface area (Å²) in [6.45, 7) is 3.48. The predicted octanol–water partition coefficient (Wildman–Crippen LogP) is 2.32. The second-order valence-electron chi connectivity index (χ2n) is 5.77. The standard InChI is InChI=1S/C14H17F2NO2/c1-13(2,16)12-10-7-19-17-14(10,8-18-12)9-5-3-4-6-11(9)15/h3-6,10,12,17H,7-8H2,1-2H3/t10-,12+,14-/m1/s1. The summed E-state index contributed by atoms with van der Waals surface area (Å²) in [6, 6.07) is 6.49. The van der Waals surface area contributed by atoms with Crippen LogP contribution in [0.15, 0.2) is 24.3 Å². The Bertz CT molecular complexity index is 489. The molecule has 3 atom stereocenters. The molecule has 0 saturated carbocycles. The maximum Gasteiger partial charge on any atom is 0.131 e. The minimum absolute atomic E-state index is 0.205. The summed E-state index contributed by atoms with van der Waals surface area (Å²) in [5.74, 6) is -0.573. The van der Waals surface area contributed by atoms with Crippen molar-refractivity contribution >= 4 is 0 Å². The molecule has 1 N–H and O–H groups in total. The fourth-order valence-corrected chi connectivity index (χ4v) is 3.13. The highest BCUT2D eigenvalue weighted by Crippen LogP contribution is 2.47. The molecule has 2 fully saturated rings. The van der Waals surface area contributed by atoms with E-state index in [0.29, 0.717) is 12.2 Å². The van der Waals surface area contributed by atoms with Gasteiger partial charge < -0.3 is 9.57 Å². The Morgan fingerprint density at radius 2 is 2.11 bits per heavy atom. The van der Waals surface area contributed by atoms with Gasteiger partial charge in [-0.1, -0.05) is 18.2 Å². The van der Waals surface area contributed by atoms with Crippen LogP contribution in [0, 0.1) is 11.7 Å². The summed E-state index contributed by atoms with van der Waals surface area (Å²) in [5, 5.41) is 0. The second kappa shape index (κ2) is 4.23. The number of hydrogen-bond donors (Lipinski definition) is 1. The molecule has 2 heterocycles. The third kappa shape index (κ3) is 1.88. The van der Waals surface area contributed by atoms with Gasteiger partial charge in [-0.2, -0.15) is 5.48 Å². The highest BCUT2D eigenvalue weighted by atomic mass is 19.1. The van der Waals surface area contributed by atoms with Crippen molar-refractivity contribution in [1.82, 2.24) is 5.48 Å². The molecule has 3 rings (SSSR count). The lowest BCUT2D eigenvalue weighted by atomic mass is 9.76. The monoisotopic (exact) mass is 269 g/mol. The molecule has 2 aliphatic rings. The first kappa shape index (κ1) is 13.0. The highest BCUT2D eigenvalue weighted by Gasteiger charge is 2.59. The van der Waals surface area contributed by atoms with Crippen molar-refractivity contribution in [2.45, 2.75) is 31.2 Å². The summed E-state index contributed by atoms with van der Waals surface area (Å²) in [5.41, 5.74) is 1.05. The molecular weight excluding hydrogens is 252 g/mol. The Kier molecular flexibility index (Phi) is 2.89. The molecule has 0 aliphatic carbocycles. The topological polar surface area (TPSA) is 30.5 Å². The van der Waals surface area contributed by atoms with Crippen molar-refractivity contribution in [2.75, 3.05) is 13.2 Å². The Morgan fingerprint density at radius 3 is 2.79 bits per heavy atom. The molecule has 5 heteroatoms. The van der Waals surface area contributed by atoms with Crippen LogP contribution in [0.5, 0.6) is 0 Å². The molecule has 0 bridgehead atoms. The number of hydrogen-bond acceptors (Lipinski definition) is 3. The summed E-state index contributed by atoms with van der Waals surface area (Å²) < 4.78 is 33.9. The van der Waals surface area contributed by atoms with Crippen LogP contribution in [-0.4, -0.2) is 25.0 Å². The van der Waals surface area contributed by atoms with Crippen LogP contribution in [0.2, 0.25) is 0 Å². The number of nitrogens with one attached hydrogen (secondary N) is 1. The molecule has 0 spiro atoms. The molecule has 0 aromatic heterocycles. The zero-order chi connectivity index (χ0) is 13.7. The van der Waals surface area contributed by atoms with E-state index in [9.17, 15) is 8.78 Å². The van der Waals surface area contributed by atoms with Crippen LogP contribution < -0.4 is 5.48 Å². The number of rotatable bonds is 2. The fraction of sp³-hybridized carbons (Fsp3) is 0.571. The van der Waals surface area contributed by atoms with E-state index in [2.05, 4.69) is 5.48 Å². The van der Waals surface area contributed by atoms with E-state index >= 15 is 0 Å². The van der Waals surface area contributed by atoms with E-state index in [1.54, 1.807) is 18.2 Å². The van der Waals surface area contributed by atoms with Gasteiger partial charge in [-0.25, -0.2) is 8.78 Å². The molecule has 1 aromatic rings. The molecule has 0 amide bonds. The maximum absolute atomic E-state index is 14.2. The Labute approximate surface area is 110 Å². The molecule has 0 unspecified atom stereocenters. The second-order valence-corrected chi connectivity index (χ2v) is 5.77. The molecule has 2 saturated heterocycles. The van der Waals surface area contributed by atoms with Crippen LogP contribution in [0.1, 0.15) is 19.4 Å². The van der Waals surface area contributed by atoms with E-state index in [1.807, 2.05) is 0 Å².